The van der Waals surface area contributed by atoms with E-state index in [1.54, 1.807) is 0 Å². The van der Waals surface area contributed by atoms with Crippen molar-refractivity contribution in [1.29, 1.82) is 0 Å². The minimum Gasteiger partial charge on any atom is -0.354 e. The molecule has 3 rings (SSSR count). The molecule has 1 fully saturated rings. The number of aryl methyl sites for hydroxylation is 2. The third-order valence-electron chi connectivity index (χ3n) is 4.60. The van der Waals surface area contributed by atoms with E-state index in [2.05, 4.69) is 16.8 Å². The summed E-state index contributed by atoms with van der Waals surface area (Å²) in [5.41, 5.74) is 2.77. The molecule has 0 aromatic carbocycles. The highest BCUT2D eigenvalue weighted by atomic mass is 15.2. The molecule has 0 bridgehead atoms. The first-order chi connectivity index (χ1) is 9.25. The Kier molecular flexibility index (Phi) is 3.72. The van der Waals surface area contributed by atoms with Crippen molar-refractivity contribution in [2.24, 2.45) is 0 Å². The maximum atomic E-state index is 4.82. The predicted molar refractivity (Wildman–Crippen MR) is 78.7 cm³/mol. The van der Waals surface area contributed by atoms with E-state index < -0.39 is 0 Å². The first-order valence-electron chi connectivity index (χ1n) is 7.89. The molecule has 1 saturated heterocycles. The van der Waals surface area contributed by atoms with Gasteiger partial charge in [0.2, 0.25) is 0 Å². The minimum absolute atomic E-state index is 0.628. The molecule has 3 heteroatoms. The summed E-state index contributed by atoms with van der Waals surface area (Å²) in [5, 5.41) is 0. The van der Waals surface area contributed by atoms with Crippen molar-refractivity contribution in [3.8, 4) is 0 Å². The van der Waals surface area contributed by atoms with E-state index in [4.69, 9.17) is 4.98 Å². The summed E-state index contributed by atoms with van der Waals surface area (Å²) in [7, 11) is 0. The average molecular weight is 259 g/mol. The Bertz CT molecular complexity index is 456. The molecular formula is C16H25N3. The molecule has 0 saturated carbocycles. The molecule has 0 amide bonds. The number of fused-ring (bicyclic) bond motifs is 1. The lowest BCUT2D eigenvalue weighted by molar-refractivity contribution is 0.595. The van der Waals surface area contributed by atoms with Gasteiger partial charge < -0.3 is 4.90 Å². The largest absolute Gasteiger partial charge is 0.354 e. The van der Waals surface area contributed by atoms with Crippen molar-refractivity contribution in [1.82, 2.24) is 9.97 Å². The Balaban J connectivity index is 2.00. The van der Waals surface area contributed by atoms with Crippen molar-refractivity contribution < 1.29 is 0 Å². The van der Waals surface area contributed by atoms with Gasteiger partial charge in [0.1, 0.15) is 11.6 Å². The Morgan fingerprint density at radius 3 is 2.74 bits per heavy atom. The van der Waals surface area contributed by atoms with E-state index in [-0.39, 0.29) is 0 Å². The van der Waals surface area contributed by atoms with Gasteiger partial charge in [-0.1, -0.05) is 12.8 Å². The zero-order valence-corrected chi connectivity index (χ0v) is 12.3. The maximum Gasteiger partial charge on any atom is 0.135 e. The van der Waals surface area contributed by atoms with Crippen molar-refractivity contribution in [2.45, 2.75) is 71.3 Å². The molecule has 3 nitrogen and oxygen atoms in total. The van der Waals surface area contributed by atoms with E-state index in [9.17, 15) is 0 Å². The molecular weight excluding hydrogens is 234 g/mol. The van der Waals surface area contributed by atoms with Gasteiger partial charge in [-0.2, -0.15) is 0 Å². The molecule has 1 unspecified atom stereocenters. The van der Waals surface area contributed by atoms with Crippen LogP contribution in [0.5, 0.6) is 0 Å². The lowest BCUT2D eigenvalue weighted by Gasteiger charge is -2.32. The summed E-state index contributed by atoms with van der Waals surface area (Å²) in [4.78, 5) is 12.1. The maximum absolute atomic E-state index is 4.82. The van der Waals surface area contributed by atoms with Gasteiger partial charge in [-0.05, 0) is 52.4 Å². The molecule has 0 spiro atoms. The third-order valence-corrected chi connectivity index (χ3v) is 4.60. The summed E-state index contributed by atoms with van der Waals surface area (Å²) in [6.45, 7) is 5.57. The average Bonchev–Trinajstić information content (AvgIpc) is 2.62. The predicted octanol–water partition coefficient (Wildman–Crippen LogP) is 3.43. The van der Waals surface area contributed by atoms with E-state index in [0.29, 0.717) is 6.04 Å². The van der Waals surface area contributed by atoms with Crippen LogP contribution in [-0.2, 0) is 12.8 Å². The Hall–Kier alpha value is -1.12. The third kappa shape index (κ3) is 2.60. The van der Waals surface area contributed by atoms with Crippen LogP contribution in [0.15, 0.2) is 0 Å². The Labute approximate surface area is 116 Å². The number of hydrogen-bond donors (Lipinski definition) is 0. The Morgan fingerprint density at radius 2 is 1.84 bits per heavy atom. The fourth-order valence-electron chi connectivity index (χ4n) is 3.52. The number of hydrogen-bond acceptors (Lipinski definition) is 3. The molecule has 1 aliphatic heterocycles. The van der Waals surface area contributed by atoms with E-state index in [1.165, 1.54) is 68.6 Å². The fourth-order valence-corrected chi connectivity index (χ4v) is 3.52. The zero-order chi connectivity index (χ0) is 13.2. The lowest BCUT2D eigenvalue weighted by Crippen LogP contribution is -2.35. The molecule has 1 atom stereocenters. The van der Waals surface area contributed by atoms with Crippen LogP contribution in [0.1, 0.15) is 62.5 Å². The van der Waals surface area contributed by atoms with Crippen LogP contribution < -0.4 is 4.90 Å². The molecule has 1 aromatic rings. The molecule has 1 aliphatic carbocycles. The van der Waals surface area contributed by atoms with E-state index in [0.717, 1.165) is 12.2 Å². The van der Waals surface area contributed by atoms with Gasteiger partial charge in [0.05, 0.1) is 0 Å². The van der Waals surface area contributed by atoms with Crippen LogP contribution in [0.25, 0.3) is 0 Å². The van der Waals surface area contributed by atoms with Crippen LogP contribution >= 0.6 is 0 Å². The van der Waals surface area contributed by atoms with E-state index >= 15 is 0 Å². The molecule has 19 heavy (non-hydrogen) atoms. The standard InChI is InChI=1S/C16H25N3/c1-12-8-4-3-7-11-19(12)16-14-9-5-6-10-15(14)17-13(2)18-16/h12H,3-11H2,1-2H3. The number of rotatable bonds is 1. The summed E-state index contributed by atoms with van der Waals surface area (Å²) in [6.07, 6.45) is 10.3. The first-order valence-corrected chi connectivity index (χ1v) is 7.89. The lowest BCUT2D eigenvalue weighted by atomic mass is 9.95. The van der Waals surface area contributed by atoms with Crippen molar-refractivity contribution in [3.05, 3.63) is 17.1 Å². The summed E-state index contributed by atoms with van der Waals surface area (Å²) in [5.74, 6) is 2.21. The zero-order valence-electron chi connectivity index (χ0n) is 12.3. The Morgan fingerprint density at radius 1 is 1.00 bits per heavy atom. The van der Waals surface area contributed by atoms with Gasteiger partial charge in [0, 0.05) is 23.8 Å². The number of anilines is 1. The first kappa shape index (κ1) is 12.9. The molecule has 1 aromatic heterocycles. The highest BCUT2D eigenvalue weighted by molar-refractivity contribution is 5.51. The second-order valence-corrected chi connectivity index (χ2v) is 6.12. The van der Waals surface area contributed by atoms with Crippen molar-refractivity contribution in [2.75, 3.05) is 11.4 Å². The summed E-state index contributed by atoms with van der Waals surface area (Å²) >= 11 is 0. The summed E-state index contributed by atoms with van der Waals surface area (Å²) in [6, 6.07) is 0.628. The highest BCUT2D eigenvalue weighted by Gasteiger charge is 2.24. The van der Waals surface area contributed by atoms with Gasteiger partial charge in [-0.3, -0.25) is 0 Å². The summed E-state index contributed by atoms with van der Waals surface area (Å²) < 4.78 is 0. The van der Waals surface area contributed by atoms with Gasteiger partial charge in [-0.15, -0.1) is 0 Å². The minimum atomic E-state index is 0.628. The number of nitrogens with zero attached hydrogens (tertiary/aromatic N) is 3. The van der Waals surface area contributed by atoms with Crippen LogP contribution in [0, 0.1) is 6.92 Å². The second-order valence-electron chi connectivity index (χ2n) is 6.12. The molecule has 0 N–H and O–H groups in total. The van der Waals surface area contributed by atoms with Crippen molar-refractivity contribution in [3.63, 3.8) is 0 Å². The van der Waals surface area contributed by atoms with Gasteiger partial charge in [0.15, 0.2) is 0 Å². The van der Waals surface area contributed by atoms with Gasteiger partial charge in [-0.25, -0.2) is 9.97 Å². The van der Waals surface area contributed by atoms with E-state index in [1.807, 2.05) is 6.92 Å². The molecule has 2 aliphatic rings. The van der Waals surface area contributed by atoms with Crippen molar-refractivity contribution >= 4 is 5.82 Å². The molecule has 0 radical (unpaired) electrons. The smallest absolute Gasteiger partial charge is 0.135 e. The SMILES string of the molecule is Cc1nc2c(c(N3CCCCCC3C)n1)CCCC2. The van der Waals surface area contributed by atoms with Gasteiger partial charge >= 0.3 is 0 Å². The quantitative estimate of drug-likeness (QED) is 0.773. The second kappa shape index (κ2) is 5.48. The molecule has 2 heterocycles. The monoisotopic (exact) mass is 259 g/mol. The normalized spacial score (nSPS) is 23.9. The number of aromatic nitrogens is 2. The highest BCUT2D eigenvalue weighted by Crippen LogP contribution is 2.31. The van der Waals surface area contributed by atoms with Crippen LogP contribution in [-0.4, -0.2) is 22.6 Å². The molecule has 104 valence electrons. The van der Waals surface area contributed by atoms with Crippen LogP contribution in [0.3, 0.4) is 0 Å². The topological polar surface area (TPSA) is 29.0 Å². The fraction of sp³-hybridized carbons (Fsp3) is 0.750. The van der Waals surface area contributed by atoms with Crippen LogP contribution in [0.4, 0.5) is 5.82 Å². The van der Waals surface area contributed by atoms with Crippen LogP contribution in [0.2, 0.25) is 0 Å². The van der Waals surface area contributed by atoms with Gasteiger partial charge in [0.25, 0.3) is 0 Å².